The van der Waals surface area contributed by atoms with Crippen molar-refractivity contribution in [1.82, 2.24) is 9.62 Å². The fraction of sp³-hybridized carbons (Fsp3) is 0.545. The molecule has 8 heteroatoms. The van der Waals surface area contributed by atoms with Gasteiger partial charge < -0.3 is 10.2 Å². The van der Waals surface area contributed by atoms with Crippen LogP contribution in [0.3, 0.4) is 0 Å². The third-order valence-corrected chi connectivity index (χ3v) is 8.74. The van der Waals surface area contributed by atoms with E-state index < -0.39 is 15.6 Å². The van der Waals surface area contributed by atoms with Gasteiger partial charge in [-0.2, -0.15) is 4.31 Å². The fourth-order valence-corrected chi connectivity index (χ4v) is 6.52. The molecule has 2 aliphatic carbocycles. The monoisotopic (exact) mass is 431 g/mol. The number of sulfonamides is 1. The number of anilines is 1. The summed E-state index contributed by atoms with van der Waals surface area (Å²) in [7, 11) is -1.93. The van der Waals surface area contributed by atoms with Gasteiger partial charge in [-0.1, -0.05) is 6.58 Å². The van der Waals surface area contributed by atoms with Crippen molar-refractivity contribution in [3.8, 4) is 0 Å². The van der Waals surface area contributed by atoms with Crippen LogP contribution in [0.15, 0.2) is 41.8 Å². The molecule has 7 nitrogen and oxygen atoms in total. The molecular formula is C22H29N3O4S. The van der Waals surface area contributed by atoms with Crippen LogP contribution in [-0.2, 0) is 19.6 Å². The number of hydrogen-bond acceptors (Lipinski definition) is 4. The quantitative estimate of drug-likeness (QED) is 0.701. The Bertz CT molecular complexity index is 949. The Kier molecular flexibility index (Phi) is 5.48. The third-order valence-electron chi connectivity index (χ3n) is 6.72. The van der Waals surface area contributed by atoms with Crippen LogP contribution in [0, 0.1) is 5.92 Å². The summed E-state index contributed by atoms with van der Waals surface area (Å²) in [5.41, 5.74) is 0.281. The van der Waals surface area contributed by atoms with Gasteiger partial charge in [0.25, 0.3) is 0 Å². The molecule has 0 radical (unpaired) electrons. The van der Waals surface area contributed by atoms with E-state index >= 15 is 0 Å². The minimum absolute atomic E-state index is 0.0355. The van der Waals surface area contributed by atoms with Gasteiger partial charge in [-0.25, -0.2) is 8.42 Å². The lowest BCUT2D eigenvalue weighted by Gasteiger charge is -2.54. The van der Waals surface area contributed by atoms with E-state index in [1.807, 2.05) is 0 Å². The number of carbonyl (C=O) groups excluding carboxylic acids is 2. The molecule has 0 aromatic heterocycles. The van der Waals surface area contributed by atoms with Crippen molar-refractivity contribution < 1.29 is 18.0 Å². The van der Waals surface area contributed by atoms with Crippen molar-refractivity contribution in [2.75, 3.05) is 18.5 Å². The maximum absolute atomic E-state index is 13.5. The zero-order valence-electron chi connectivity index (χ0n) is 17.3. The lowest BCUT2D eigenvalue weighted by Crippen LogP contribution is -2.63. The number of hydrogen-bond donors (Lipinski definition) is 1. The van der Waals surface area contributed by atoms with Crippen LogP contribution in [0.4, 0.5) is 5.69 Å². The highest BCUT2D eigenvalue weighted by Gasteiger charge is 2.51. The number of piperidine rings is 1. The Labute approximate surface area is 178 Å². The van der Waals surface area contributed by atoms with Crippen LogP contribution in [0.25, 0.3) is 0 Å². The molecule has 1 aromatic rings. The predicted octanol–water partition coefficient (Wildman–Crippen LogP) is 2.44. The second-order valence-electron chi connectivity index (χ2n) is 8.72. The molecular weight excluding hydrogens is 402 g/mol. The first kappa shape index (κ1) is 21.1. The normalized spacial score (nSPS) is 23.4. The molecule has 2 amide bonds. The van der Waals surface area contributed by atoms with Crippen LogP contribution < -0.4 is 10.2 Å². The Hall–Kier alpha value is -2.19. The maximum Gasteiger partial charge on any atom is 0.243 e. The van der Waals surface area contributed by atoms with E-state index in [1.165, 1.54) is 6.08 Å². The lowest BCUT2D eigenvalue weighted by atomic mass is 9.70. The number of amides is 2. The number of carbonyl (C=O) groups is 2. The lowest BCUT2D eigenvalue weighted by molar-refractivity contribution is -0.119. The van der Waals surface area contributed by atoms with E-state index in [-0.39, 0.29) is 28.7 Å². The molecule has 1 unspecified atom stereocenters. The first-order chi connectivity index (χ1) is 14.3. The molecule has 2 saturated carbocycles. The van der Waals surface area contributed by atoms with Gasteiger partial charge in [0.2, 0.25) is 21.8 Å². The predicted molar refractivity (Wildman–Crippen MR) is 114 cm³/mol. The molecule has 1 aromatic carbocycles. The third kappa shape index (κ3) is 3.78. The zero-order valence-corrected chi connectivity index (χ0v) is 18.2. The van der Waals surface area contributed by atoms with Gasteiger partial charge in [-0.15, -0.1) is 0 Å². The van der Waals surface area contributed by atoms with Crippen molar-refractivity contribution in [2.45, 2.75) is 61.4 Å². The van der Waals surface area contributed by atoms with Gasteiger partial charge in [-0.3, -0.25) is 9.59 Å². The van der Waals surface area contributed by atoms with E-state index in [1.54, 1.807) is 40.5 Å². The smallest absolute Gasteiger partial charge is 0.243 e. The van der Waals surface area contributed by atoms with Crippen molar-refractivity contribution in [3.05, 3.63) is 36.9 Å². The summed E-state index contributed by atoms with van der Waals surface area (Å²) in [6, 6.07) is 6.57. The van der Waals surface area contributed by atoms with Crippen molar-refractivity contribution >= 4 is 27.5 Å². The summed E-state index contributed by atoms with van der Waals surface area (Å²) in [6.45, 7) is 3.87. The number of nitrogens with zero attached hydrogens (tertiary/aromatic N) is 2. The minimum Gasteiger partial charge on any atom is -0.350 e. The van der Waals surface area contributed by atoms with Gasteiger partial charge in [0.05, 0.1) is 4.90 Å². The first-order valence-corrected chi connectivity index (χ1v) is 12.0. The second-order valence-corrected chi connectivity index (χ2v) is 10.6. The number of nitrogens with one attached hydrogen (secondary N) is 1. The zero-order chi connectivity index (χ0) is 21.5. The topological polar surface area (TPSA) is 86.8 Å². The Morgan fingerprint density at radius 1 is 1.20 bits per heavy atom. The average molecular weight is 432 g/mol. The van der Waals surface area contributed by atoms with Gasteiger partial charge >= 0.3 is 0 Å². The van der Waals surface area contributed by atoms with Crippen LogP contribution in [-0.4, -0.2) is 49.7 Å². The van der Waals surface area contributed by atoms with Crippen LogP contribution >= 0.6 is 0 Å². The summed E-state index contributed by atoms with van der Waals surface area (Å²) in [4.78, 5) is 25.8. The van der Waals surface area contributed by atoms with E-state index in [2.05, 4.69) is 11.9 Å². The first-order valence-electron chi connectivity index (χ1n) is 10.6. The van der Waals surface area contributed by atoms with Gasteiger partial charge in [0.1, 0.15) is 0 Å². The summed E-state index contributed by atoms with van der Waals surface area (Å²) < 4.78 is 28.6. The van der Waals surface area contributed by atoms with Crippen molar-refractivity contribution in [2.24, 2.45) is 5.92 Å². The number of rotatable bonds is 6. The van der Waals surface area contributed by atoms with E-state index in [0.29, 0.717) is 25.1 Å². The molecule has 1 aliphatic heterocycles. The molecule has 0 bridgehead atoms. The molecule has 1 heterocycles. The SMILES string of the molecule is C=CC(=O)NC1CCN(S(=O)(=O)c2ccc(N(C)C(=O)C3CC3)cc2)C2(CCC2)C1. The summed E-state index contributed by atoms with van der Waals surface area (Å²) >= 11 is 0. The van der Waals surface area contributed by atoms with Gasteiger partial charge in [0.15, 0.2) is 0 Å². The van der Waals surface area contributed by atoms with Crippen LogP contribution in [0.2, 0.25) is 0 Å². The summed E-state index contributed by atoms with van der Waals surface area (Å²) in [5.74, 6) is -0.0198. The maximum atomic E-state index is 13.5. The Balaban J connectivity index is 1.52. The highest BCUT2D eigenvalue weighted by Crippen LogP contribution is 2.47. The fourth-order valence-electron chi connectivity index (χ4n) is 4.67. The standard InChI is InChI=1S/C22H29N3O4S/c1-3-20(26)23-17-11-14-25(22(15-17)12-4-13-22)30(28,29)19-9-7-18(8-10-19)24(2)21(27)16-5-6-16/h3,7-10,16-17H,1,4-6,11-15H2,2H3,(H,23,26). The molecule has 1 atom stereocenters. The molecule has 30 heavy (non-hydrogen) atoms. The molecule has 3 aliphatic rings. The second kappa shape index (κ2) is 7.81. The van der Waals surface area contributed by atoms with Crippen LogP contribution in [0.5, 0.6) is 0 Å². The Morgan fingerprint density at radius 2 is 1.87 bits per heavy atom. The van der Waals surface area contributed by atoms with Crippen LogP contribution in [0.1, 0.15) is 44.9 Å². The highest BCUT2D eigenvalue weighted by molar-refractivity contribution is 7.89. The molecule has 1 saturated heterocycles. The summed E-state index contributed by atoms with van der Waals surface area (Å²) in [6.07, 6.45) is 6.93. The summed E-state index contributed by atoms with van der Waals surface area (Å²) in [5, 5.41) is 2.93. The molecule has 1 spiro atoms. The van der Waals surface area contributed by atoms with Crippen molar-refractivity contribution in [1.29, 1.82) is 0 Å². The largest absolute Gasteiger partial charge is 0.350 e. The number of benzene rings is 1. The average Bonchev–Trinajstić information content (AvgIpc) is 3.56. The molecule has 3 fully saturated rings. The van der Waals surface area contributed by atoms with Gasteiger partial charge in [0, 0.05) is 36.8 Å². The Morgan fingerprint density at radius 3 is 2.40 bits per heavy atom. The molecule has 4 rings (SSSR count). The van der Waals surface area contributed by atoms with E-state index in [9.17, 15) is 18.0 Å². The van der Waals surface area contributed by atoms with E-state index in [0.717, 1.165) is 32.1 Å². The highest BCUT2D eigenvalue weighted by atomic mass is 32.2. The molecule has 1 N–H and O–H groups in total. The van der Waals surface area contributed by atoms with Crippen molar-refractivity contribution in [3.63, 3.8) is 0 Å². The van der Waals surface area contributed by atoms with Gasteiger partial charge in [-0.05, 0) is 75.3 Å². The van der Waals surface area contributed by atoms with E-state index in [4.69, 9.17) is 0 Å². The molecule has 162 valence electrons. The minimum atomic E-state index is -3.66.